The van der Waals surface area contributed by atoms with Gasteiger partial charge in [0.2, 0.25) is 0 Å². The van der Waals surface area contributed by atoms with E-state index in [2.05, 4.69) is 17.0 Å². The second-order valence-corrected chi connectivity index (χ2v) is 12.8. The zero-order valence-corrected chi connectivity index (χ0v) is 21.9. The molecule has 37 heavy (non-hydrogen) atoms. The maximum atomic E-state index is 15.1. The maximum absolute atomic E-state index is 15.1. The molecule has 2 aromatic rings. The van der Waals surface area contributed by atoms with Gasteiger partial charge < -0.3 is 4.90 Å². The molecule has 0 aromatic heterocycles. The predicted molar refractivity (Wildman–Crippen MR) is 144 cm³/mol. The Morgan fingerprint density at radius 2 is 1.57 bits per heavy atom. The van der Waals surface area contributed by atoms with E-state index in [9.17, 15) is 10.5 Å². The van der Waals surface area contributed by atoms with E-state index in [0.717, 1.165) is 36.1 Å². The fourth-order valence-electron chi connectivity index (χ4n) is 9.04. The second-order valence-electron chi connectivity index (χ2n) is 12.0. The average Bonchev–Trinajstić information content (AvgIpc) is 3.20. The van der Waals surface area contributed by atoms with Crippen LogP contribution in [-0.2, 0) is 4.79 Å². The summed E-state index contributed by atoms with van der Waals surface area (Å²) in [7, 11) is 0. The summed E-state index contributed by atoms with van der Waals surface area (Å²) in [6.45, 7) is 0. The van der Waals surface area contributed by atoms with Crippen LogP contribution < -0.4 is 4.90 Å². The number of hydrogen-bond acceptors (Lipinski definition) is 4. The monoisotopic (exact) mass is 527 g/mol. The van der Waals surface area contributed by atoms with Crippen molar-refractivity contribution in [2.75, 3.05) is 4.90 Å². The maximum Gasteiger partial charge on any atom is 0.176 e. The van der Waals surface area contributed by atoms with Crippen molar-refractivity contribution in [1.29, 1.82) is 10.5 Å². The zero-order chi connectivity index (χ0) is 25.5. The number of nitrogens with zero attached hydrogens (tertiary/aromatic N) is 3. The third kappa shape index (κ3) is 3.16. The molecule has 1 saturated heterocycles. The van der Waals surface area contributed by atoms with Gasteiger partial charge in [-0.25, -0.2) is 0 Å². The highest BCUT2D eigenvalue weighted by atomic mass is 35.5. The van der Waals surface area contributed by atoms with E-state index in [1.165, 1.54) is 19.3 Å². The highest BCUT2D eigenvalue weighted by Gasteiger charge is 2.67. The molecule has 4 saturated carbocycles. The quantitative estimate of drug-likeness (QED) is 0.423. The minimum absolute atomic E-state index is 0.213. The molecule has 5 fully saturated rings. The molecule has 8 rings (SSSR count). The van der Waals surface area contributed by atoms with Gasteiger partial charge in [0.1, 0.15) is 0 Å². The highest BCUT2D eigenvalue weighted by Crippen LogP contribution is 2.63. The molecule has 6 aliphatic rings. The number of halogens is 2. The van der Waals surface area contributed by atoms with Crippen molar-refractivity contribution in [3.05, 3.63) is 69.7 Å². The molecule has 2 aliphatic heterocycles. The molecule has 4 bridgehead atoms. The fraction of sp³-hybridized carbons (Fsp3) is 0.452. The van der Waals surface area contributed by atoms with Crippen LogP contribution in [0.3, 0.4) is 0 Å². The first-order chi connectivity index (χ1) is 17.9. The summed E-state index contributed by atoms with van der Waals surface area (Å²) < 4.78 is 0. The molecule has 0 N–H and O–H groups in total. The Kier molecular flexibility index (Phi) is 5.11. The molecule has 0 amide bonds. The smallest absolute Gasteiger partial charge is 0.176 e. The molecule has 186 valence electrons. The van der Waals surface area contributed by atoms with Gasteiger partial charge in [0.05, 0.1) is 34.3 Å². The summed E-state index contributed by atoms with van der Waals surface area (Å²) in [5.74, 6) is 1.40. The Morgan fingerprint density at radius 1 is 0.919 bits per heavy atom. The normalized spacial score (nSPS) is 35.9. The number of benzene rings is 2. The number of anilines is 1. The minimum Gasteiger partial charge on any atom is -0.351 e. The van der Waals surface area contributed by atoms with Gasteiger partial charge in [-0.3, -0.25) is 4.79 Å². The summed E-state index contributed by atoms with van der Waals surface area (Å²) in [6, 6.07) is 17.0. The summed E-state index contributed by atoms with van der Waals surface area (Å²) >= 11 is 12.8. The van der Waals surface area contributed by atoms with E-state index in [1.807, 2.05) is 42.5 Å². The fourth-order valence-corrected chi connectivity index (χ4v) is 9.35. The molecular formula is C31H27Cl2N3O. The third-order valence-corrected chi connectivity index (χ3v) is 10.8. The lowest BCUT2D eigenvalue weighted by molar-refractivity contribution is -0.145. The van der Waals surface area contributed by atoms with Crippen LogP contribution in [0.5, 0.6) is 0 Å². The second kappa shape index (κ2) is 8.10. The number of carbonyl (C=O) groups is 1. The molecule has 0 spiro atoms. The van der Waals surface area contributed by atoms with E-state index < -0.39 is 23.4 Å². The first-order valence-electron chi connectivity index (χ1n) is 13.3. The zero-order valence-electron chi connectivity index (χ0n) is 20.4. The van der Waals surface area contributed by atoms with Gasteiger partial charge in [-0.15, -0.1) is 0 Å². The van der Waals surface area contributed by atoms with E-state index in [4.69, 9.17) is 23.2 Å². The average molecular weight is 528 g/mol. The predicted octanol–water partition coefficient (Wildman–Crippen LogP) is 7.18. The van der Waals surface area contributed by atoms with Crippen molar-refractivity contribution in [3.63, 3.8) is 0 Å². The van der Waals surface area contributed by atoms with Gasteiger partial charge >= 0.3 is 0 Å². The highest BCUT2D eigenvalue weighted by molar-refractivity contribution is 6.42. The number of fused-ring (bicyclic) bond motifs is 3. The molecule has 0 unspecified atom stereocenters. The van der Waals surface area contributed by atoms with Crippen molar-refractivity contribution in [1.82, 2.24) is 0 Å². The largest absolute Gasteiger partial charge is 0.351 e. The summed E-state index contributed by atoms with van der Waals surface area (Å²) in [5.41, 5.74) is 0.803. The number of nitriles is 2. The van der Waals surface area contributed by atoms with Gasteiger partial charge in [-0.1, -0.05) is 59.6 Å². The Morgan fingerprint density at radius 3 is 2.19 bits per heavy atom. The van der Waals surface area contributed by atoms with Crippen molar-refractivity contribution in [2.45, 2.75) is 56.5 Å². The summed E-state index contributed by atoms with van der Waals surface area (Å²) in [5, 5.41) is 22.2. The van der Waals surface area contributed by atoms with Crippen LogP contribution in [0.4, 0.5) is 5.69 Å². The lowest BCUT2D eigenvalue weighted by Crippen LogP contribution is -2.56. The van der Waals surface area contributed by atoms with Crippen LogP contribution >= 0.6 is 23.2 Å². The van der Waals surface area contributed by atoms with E-state index in [1.54, 1.807) is 12.1 Å². The molecule has 4 aliphatic carbocycles. The number of Topliss-reactive ketones (excluding diaryl/α,β-unsaturated/α-hetero) is 1. The summed E-state index contributed by atoms with van der Waals surface area (Å²) in [4.78, 5) is 17.2. The van der Waals surface area contributed by atoms with E-state index in [-0.39, 0.29) is 11.2 Å². The SMILES string of the molecule is N#CC1(C#N)[C@H](c2ccc(Cl)c(Cl)c2)[C@H](C(=O)C23CC4CC(CC(C4)C2)C3)N2c3ccccc3C=C[C@H]21. The number of rotatable bonds is 3. The molecule has 3 atom stereocenters. The van der Waals surface area contributed by atoms with Crippen LogP contribution in [0, 0.1) is 51.2 Å². The molecule has 2 heterocycles. The number of carbonyl (C=O) groups excluding carboxylic acids is 1. The topological polar surface area (TPSA) is 67.9 Å². The van der Waals surface area contributed by atoms with Crippen LogP contribution in [-0.4, -0.2) is 17.9 Å². The van der Waals surface area contributed by atoms with Gasteiger partial charge in [0.25, 0.3) is 0 Å². The van der Waals surface area contributed by atoms with Crippen molar-refractivity contribution in [2.24, 2.45) is 28.6 Å². The van der Waals surface area contributed by atoms with Gasteiger partial charge in [0.15, 0.2) is 11.2 Å². The molecule has 6 heteroatoms. The van der Waals surface area contributed by atoms with Crippen LogP contribution in [0.2, 0.25) is 10.0 Å². The Balaban J connectivity index is 1.45. The van der Waals surface area contributed by atoms with E-state index >= 15 is 4.79 Å². The van der Waals surface area contributed by atoms with Crippen molar-refractivity contribution < 1.29 is 4.79 Å². The van der Waals surface area contributed by atoms with Crippen LogP contribution in [0.15, 0.2) is 48.5 Å². The summed E-state index contributed by atoms with van der Waals surface area (Å²) in [6.07, 6.45) is 10.5. The number of para-hydroxylation sites is 1. The van der Waals surface area contributed by atoms with Crippen LogP contribution in [0.25, 0.3) is 6.08 Å². The Labute approximate surface area is 227 Å². The van der Waals surface area contributed by atoms with E-state index in [0.29, 0.717) is 27.8 Å². The van der Waals surface area contributed by atoms with Gasteiger partial charge in [-0.2, -0.15) is 10.5 Å². The standard InChI is InChI=1S/C31H27Cl2N3O/c32-23-7-5-22(12-24(23)33)27-28(29(37)30-13-18-9-19(14-30)11-20(10-18)15-30)36-25-4-2-1-3-21(25)6-8-26(36)31(27,16-34)17-35/h1-8,12,18-20,26-28H,9-11,13-15H2/t18?,19?,20?,26-,27+,28+,30?/m0/s1. The molecular weight excluding hydrogens is 501 g/mol. The Bertz CT molecular complexity index is 1380. The van der Waals surface area contributed by atoms with Gasteiger partial charge in [0, 0.05) is 17.0 Å². The first kappa shape index (κ1) is 23.3. The number of hydrogen-bond donors (Lipinski definition) is 0. The van der Waals surface area contributed by atoms with Gasteiger partial charge in [-0.05, 0) is 85.6 Å². The minimum atomic E-state index is -1.45. The number of ketones is 1. The lowest BCUT2D eigenvalue weighted by atomic mass is 9.47. The lowest BCUT2D eigenvalue weighted by Gasteiger charge is -2.57. The van der Waals surface area contributed by atoms with Crippen molar-refractivity contribution >= 4 is 40.7 Å². The molecule has 2 aromatic carbocycles. The molecule has 0 radical (unpaired) electrons. The Hall–Kier alpha value is -2.79. The first-order valence-corrected chi connectivity index (χ1v) is 14.0. The molecule has 4 nitrogen and oxygen atoms in total. The van der Waals surface area contributed by atoms with Crippen LogP contribution in [0.1, 0.15) is 55.6 Å². The third-order valence-electron chi connectivity index (χ3n) is 10.0. The van der Waals surface area contributed by atoms with Crippen molar-refractivity contribution in [3.8, 4) is 12.1 Å².